The maximum absolute atomic E-state index is 12.7. The standard InChI is InChI=1S/C19H18N4O3S3/c1-3-12-27-19-22-21-18(28-19)20-17(24)15-6-4-5-7-16(15)23-29(25,26)14-10-8-13(2)9-11-14/h3-11,23H,1,12H2,2H3,(H,20,21,24). The molecule has 0 spiro atoms. The molecule has 29 heavy (non-hydrogen) atoms. The van der Waals surface area contributed by atoms with Crippen molar-refractivity contribution in [3.8, 4) is 0 Å². The minimum atomic E-state index is -3.83. The molecule has 0 aliphatic rings. The van der Waals surface area contributed by atoms with Gasteiger partial charge < -0.3 is 0 Å². The number of amides is 1. The van der Waals surface area contributed by atoms with Crippen LogP contribution in [0.1, 0.15) is 15.9 Å². The number of hydrogen-bond donors (Lipinski definition) is 2. The van der Waals surface area contributed by atoms with Gasteiger partial charge in [-0.25, -0.2) is 8.42 Å². The molecule has 0 aliphatic carbocycles. The van der Waals surface area contributed by atoms with Crippen LogP contribution in [0.3, 0.4) is 0 Å². The zero-order valence-corrected chi connectivity index (χ0v) is 17.9. The quantitative estimate of drug-likeness (QED) is 0.306. The van der Waals surface area contributed by atoms with E-state index < -0.39 is 15.9 Å². The highest BCUT2D eigenvalue weighted by Gasteiger charge is 2.19. The molecule has 150 valence electrons. The minimum Gasteiger partial charge on any atom is -0.296 e. The van der Waals surface area contributed by atoms with Gasteiger partial charge in [-0.1, -0.05) is 59.0 Å². The number of carbonyl (C=O) groups excluding carboxylic acids is 1. The maximum atomic E-state index is 12.7. The number of carbonyl (C=O) groups is 1. The third-order valence-electron chi connectivity index (χ3n) is 3.70. The SMILES string of the molecule is C=CCSc1nnc(NC(=O)c2ccccc2NS(=O)(=O)c2ccc(C)cc2)s1. The Bertz CT molecular complexity index is 1130. The predicted molar refractivity (Wildman–Crippen MR) is 117 cm³/mol. The first kappa shape index (κ1) is 21.0. The van der Waals surface area contributed by atoms with Crippen molar-refractivity contribution in [2.45, 2.75) is 16.2 Å². The third-order valence-corrected chi connectivity index (χ3v) is 7.05. The maximum Gasteiger partial charge on any atom is 0.261 e. The van der Waals surface area contributed by atoms with Crippen LogP contribution in [0, 0.1) is 6.92 Å². The summed E-state index contributed by atoms with van der Waals surface area (Å²) in [6.07, 6.45) is 1.75. The van der Waals surface area contributed by atoms with E-state index in [9.17, 15) is 13.2 Å². The fraction of sp³-hybridized carbons (Fsp3) is 0.105. The largest absolute Gasteiger partial charge is 0.296 e. The summed E-state index contributed by atoms with van der Waals surface area (Å²) in [7, 11) is -3.83. The van der Waals surface area contributed by atoms with Gasteiger partial charge in [-0.15, -0.1) is 16.8 Å². The number of thioether (sulfide) groups is 1. The van der Waals surface area contributed by atoms with Crippen LogP contribution in [0.25, 0.3) is 0 Å². The van der Waals surface area contributed by atoms with Gasteiger partial charge in [-0.2, -0.15) is 0 Å². The summed E-state index contributed by atoms with van der Waals surface area (Å²) in [5.41, 5.74) is 1.31. The molecule has 3 aromatic rings. The van der Waals surface area contributed by atoms with E-state index in [-0.39, 0.29) is 16.1 Å². The van der Waals surface area contributed by atoms with Gasteiger partial charge in [-0.05, 0) is 31.2 Å². The smallest absolute Gasteiger partial charge is 0.261 e. The van der Waals surface area contributed by atoms with E-state index in [4.69, 9.17) is 0 Å². The molecule has 0 saturated heterocycles. The molecule has 0 radical (unpaired) electrons. The van der Waals surface area contributed by atoms with E-state index in [1.165, 1.54) is 47.4 Å². The molecule has 1 heterocycles. The molecule has 2 N–H and O–H groups in total. The van der Waals surface area contributed by atoms with E-state index in [0.29, 0.717) is 15.2 Å². The zero-order chi connectivity index (χ0) is 20.9. The summed E-state index contributed by atoms with van der Waals surface area (Å²) >= 11 is 2.69. The highest BCUT2D eigenvalue weighted by molar-refractivity contribution is 8.01. The molecule has 1 aromatic heterocycles. The van der Waals surface area contributed by atoms with E-state index in [1.54, 1.807) is 30.3 Å². The van der Waals surface area contributed by atoms with Crippen molar-refractivity contribution in [2.75, 3.05) is 15.8 Å². The Morgan fingerprint density at radius 2 is 1.90 bits per heavy atom. The number of sulfonamides is 1. The molecule has 0 unspecified atom stereocenters. The molecule has 0 fully saturated rings. The van der Waals surface area contributed by atoms with E-state index in [2.05, 4.69) is 26.8 Å². The van der Waals surface area contributed by atoms with Gasteiger partial charge in [-0.3, -0.25) is 14.8 Å². The van der Waals surface area contributed by atoms with Crippen LogP contribution < -0.4 is 10.0 Å². The molecule has 3 rings (SSSR count). The second-order valence-corrected chi connectivity index (χ2v) is 9.82. The van der Waals surface area contributed by atoms with Crippen LogP contribution in [0.5, 0.6) is 0 Å². The van der Waals surface area contributed by atoms with Crippen molar-refractivity contribution in [3.63, 3.8) is 0 Å². The summed E-state index contributed by atoms with van der Waals surface area (Å²) in [6, 6.07) is 12.8. The van der Waals surface area contributed by atoms with E-state index in [0.717, 1.165) is 5.56 Å². The molecule has 0 aliphatic heterocycles. The molecule has 1 amide bonds. The normalized spacial score (nSPS) is 11.1. The number of benzene rings is 2. The van der Waals surface area contributed by atoms with Gasteiger partial charge in [0, 0.05) is 5.75 Å². The lowest BCUT2D eigenvalue weighted by atomic mass is 10.2. The molecule has 7 nitrogen and oxygen atoms in total. The van der Waals surface area contributed by atoms with Crippen LogP contribution >= 0.6 is 23.1 Å². The van der Waals surface area contributed by atoms with Crippen molar-refractivity contribution < 1.29 is 13.2 Å². The van der Waals surface area contributed by atoms with Crippen LogP contribution in [0.4, 0.5) is 10.8 Å². The van der Waals surface area contributed by atoms with Gasteiger partial charge in [0.1, 0.15) is 0 Å². The summed E-state index contributed by atoms with van der Waals surface area (Å²) in [6.45, 7) is 5.52. The molecular formula is C19H18N4O3S3. The summed E-state index contributed by atoms with van der Waals surface area (Å²) in [4.78, 5) is 12.8. The van der Waals surface area contributed by atoms with Crippen molar-refractivity contribution >= 4 is 49.8 Å². The summed E-state index contributed by atoms with van der Waals surface area (Å²) in [5, 5.41) is 10.9. The Kier molecular flexibility index (Phi) is 6.68. The number of nitrogens with one attached hydrogen (secondary N) is 2. The lowest BCUT2D eigenvalue weighted by molar-refractivity contribution is 0.102. The average molecular weight is 447 g/mol. The summed E-state index contributed by atoms with van der Waals surface area (Å²) in [5.74, 6) is 0.204. The lowest BCUT2D eigenvalue weighted by Crippen LogP contribution is -2.18. The summed E-state index contributed by atoms with van der Waals surface area (Å²) < 4.78 is 28.5. The lowest BCUT2D eigenvalue weighted by Gasteiger charge is -2.12. The number of aromatic nitrogens is 2. The molecule has 0 bridgehead atoms. The molecule has 2 aromatic carbocycles. The number of rotatable bonds is 8. The topological polar surface area (TPSA) is 101 Å². The number of nitrogens with zero attached hydrogens (tertiary/aromatic N) is 2. The van der Waals surface area contributed by atoms with Crippen molar-refractivity contribution in [2.24, 2.45) is 0 Å². The monoisotopic (exact) mass is 446 g/mol. The average Bonchev–Trinajstić information content (AvgIpc) is 3.14. The van der Waals surface area contributed by atoms with Crippen molar-refractivity contribution in [1.82, 2.24) is 10.2 Å². The predicted octanol–water partition coefficient (Wildman–Crippen LogP) is 4.18. The van der Waals surface area contributed by atoms with E-state index in [1.807, 2.05) is 6.92 Å². The Labute approximate surface area is 177 Å². The second-order valence-electron chi connectivity index (χ2n) is 5.89. The number of para-hydroxylation sites is 1. The van der Waals surface area contributed by atoms with Crippen LogP contribution in [-0.2, 0) is 10.0 Å². The van der Waals surface area contributed by atoms with E-state index >= 15 is 0 Å². The van der Waals surface area contributed by atoms with Crippen molar-refractivity contribution in [3.05, 3.63) is 72.3 Å². The van der Waals surface area contributed by atoms with Gasteiger partial charge in [0.05, 0.1) is 16.1 Å². The number of hydrogen-bond acceptors (Lipinski definition) is 7. The molecular weight excluding hydrogens is 428 g/mol. The minimum absolute atomic E-state index is 0.117. The zero-order valence-electron chi connectivity index (χ0n) is 15.5. The Hall–Kier alpha value is -2.69. The second kappa shape index (κ2) is 9.21. The molecule has 0 saturated carbocycles. The third kappa shape index (κ3) is 5.43. The highest BCUT2D eigenvalue weighted by Crippen LogP contribution is 2.27. The van der Waals surface area contributed by atoms with Gasteiger partial charge in [0.2, 0.25) is 5.13 Å². The van der Waals surface area contributed by atoms with Gasteiger partial charge in [0.15, 0.2) is 4.34 Å². The van der Waals surface area contributed by atoms with Crippen LogP contribution in [-0.4, -0.2) is 30.3 Å². The fourth-order valence-electron chi connectivity index (χ4n) is 2.30. The van der Waals surface area contributed by atoms with Crippen LogP contribution in [0.15, 0.2) is 70.4 Å². The Morgan fingerprint density at radius 1 is 1.17 bits per heavy atom. The van der Waals surface area contributed by atoms with Gasteiger partial charge >= 0.3 is 0 Å². The first-order valence-electron chi connectivity index (χ1n) is 8.46. The highest BCUT2D eigenvalue weighted by atomic mass is 32.2. The Morgan fingerprint density at radius 3 is 2.62 bits per heavy atom. The fourth-order valence-corrected chi connectivity index (χ4v) is 4.89. The first-order chi connectivity index (χ1) is 13.9. The van der Waals surface area contributed by atoms with Gasteiger partial charge in [0.25, 0.3) is 15.9 Å². The molecule has 0 atom stereocenters. The Balaban J connectivity index is 1.79. The van der Waals surface area contributed by atoms with Crippen molar-refractivity contribution in [1.29, 1.82) is 0 Å². The number of anilines is 2. The first-order valence-corrected chi connectivity index (χ1v) is 11.7. The molecule has 10 heteroatoms. The van der Waals surface area contributed by atoms with Crippen LogP contribution in [0.2, 0.25) is 0 Å². The number of aryl methyl sites for hydroxylation is 1.